The molecule has 2 saturated carbocycles. The van der Waals surface area contributed by atoms with Crippen LogP contribution >= 0.6 is 0 Å². The largest absolute Gasteiger partial charge is 0.346 e. The summed E-state index contributed by atoms with van der Waals surface area (Å²) in [4.78, 5) is 0. The third-order valence-electron chi connectivity index (χ3n) is 4.81. The Kier molecular flexibility index (Phi) is 20.4. The van der Waals surface area contributed by atoms with Crippen molar-refractivity contribution in [1.82, 2.24) is 0 Å². The van der Waals surface area contributed by atoms with Crippen LogP contribution in [-0.4, -0.2) is 5.54 Å². The van der Waals surface area contributed by atoms with Gasteiger partial charge in [0.05, 0.1) is 0 Å². The fourth-order valence-corrected chi connectivity index (χ4v) is 3.18. The molecule has 0 amide bonds. The topological polar surface area (TPSA) is 12.4 Å². The average Bonchev–Trinajstić information content (AvgIpc) is 2.66. The van der Waals surface area contributed by atoms with E-state index in [4.69, 9.17) is 0 Å². The Morgan fingerprint density at radius 3 is 1.83 bits per heavy atom. The van der Waals surface area contributed by atoms with E-state index in [9.17, 15) is 0 Å². The Balaban J connectivity index is 0. The first kappa shape index (κ1) is 26.8. The van der Waals surface area contributed by atoms with Gasteiger partial charge < -0.3 is 19.8 Å². The Labute approximate surface area is 166 Å². The standard InChI is InChI=1S/C9H17.C6H11.C5H11N.C2H5.Ta/c1-3-9-6-4-5-8(2)7-9;1-2-4-6-5-3-1;1-4-5(2,3)6;1-2;/h7-9H,3-6H2,1-2H3;1H,2-6H2;4H2,1-3H3;1H2,2H3;/q2*-1;;-1;. The molecule has 0 N–H and O–H groups in total. The fraction of sp³-hybridized carbons (Fsp3) is 0.864. The molecular formula is C22H44NTa-3. The van der Waals surface area contributed by atoms with Gasteiger partial charge in [-0.25, -0.2) is 0 Å². The number of rotatable bonds is 3. The van der Waals surface area contributed by atoms with Crippen LogP contribution in [0.2, 0.25) is 0 Å². The van der Waals surface area contributed by atoms with Gasteiger partial charge in [0.15, 0.2) is 0 Å². The minimum Gasteiger partial charge on any atom is -0.346 e. The summed E-state index contributed by atoms with van der Waals surface area (Å²) in [5, 5.41) is 0. The second-order valence-electron chi connectivity index (χ2n) is 7.46. The average molecular weight is 504 g/mol. The van der Waals surface area contributed by atoms with E-state index in [1.54, 1.807) is 6.92 Å². The zero-order valence-corrected chi connectivity index (χ0v) is 20.7. The van der Waals surface area contributed by atoms with Crippen molar-refractivity contribution in [2.45, 2.75) is 111 Å². The van der Waals surface area contributed by atoms with Gasteiger partial charge >= 0.3 is 57.0 Å². The molecule has 0 saturated heterocycles. The Hall–Kier alpha value is 0.540. The van der Waals surface area contributed by atoms with Gasteiger partial charge in [-0.3, -0.25) is 0 Å². The summed E-state index contributed by atoms with van der Waals surface area (Å²) < 4.78 is 4.25. The van der Waals surface area contributed by atoms with Crippen LogP contribution in [0.4, 0.5) is 0 Å². The molecule has 2 aliphatic carbocycles. The van der Waals surface area contributed by atoms with Crippen molar-refractivity contribution in [1.29, 1.82) is 0 Å². The van der Waals surface area contributed by atoms with Crippen LogP contribution in [0, 0.1) is 31.6 Å². The van der Waals surface area contributed by atoms with Crippen LogP contribution in [-0.2, 0) is 20.9 Å². The van der Waals surface area contributed by atoms with E-state index >= 15 is 0 Å². The first-order valence-corrected chi connectivity index (χ1v) is 11.6. The van der Waals surface area contributed by atoms with Crippen molar-refractivity contribution in [2.75, 3.05) is 0 Å². The molecule has 0 aromatic rings. The van der Waals surface area contributed by atoms with Gasteiger partial charge in [0, 0.05) is 0 Å². The SMILES string of the molecule is CCC(C)(C)[N]=[Ta].CCC1[CH-]C(C)CCC1.[CH-]1CCCCC1.[CH2-]C. The number of hydrogen-bond donors (Lipinski definition) is 0. The molecule has 0 aromatic heterocycles. The van der Waals surface area contributed by atoms with Crippen LogP contribution in [0.5, 0.6) is 0 Å². The maximum atomic E-state index is 4.25. The van der Waals surface area contributed by atoms with Gasteiger partial charge in [0.2, 0.25) is 0 Å². The first-order valence-electron chi connectivity index (χ1n) is 10.2. The monoisotopic (exact) mass is 503 g/mol. The normalized spacial score (nSPS) is 23.2. The van der Waals surface area contributed by atoms with Crippen LogP contribution in [0.15, 0.2) is 3.34 Å². The van der Waals surface area contributed by atoms with Gasteiger partial charge in [-0.05, 0) is 0 Å². The van der Waals surface area contributed by atoms with Crippen LogP contribution < -0.4 is 0 Å². The van der Waals surface area contributed by atoms with Crippen molar-refractivity contribution in [3.05, 3.63) is 19.8 Å². The number of hydrogen-bond acceptors (Lipinski definition) is 1. The molecule has 0 heterocycles. The van der Waals surface area contributed by atoms with Crippen molar-refractivity contribution >= 4 is 0 Å². The minimum atomic E-state index is 0.258. The van der Waals surface area contributed by atoms with Crippen LogP contribution in [0.25, 0.3) is 0 Å². The Morgan fingerprint density at radius 1 is 1.04 bits per heavy atom. The van der Waals surface area contributed by atoms with E-state index in [-0.39, 0.29) is 5.54 Å². The quantitative estimate of drug-likeness (QED) is 0.347. The van der Waals surface area contributed by atoms with Gasteiger partial charge in [0.1, 0.15) is 0 Å². The van der Waals surface area contributed by atoms with E-state index in [2.05, 4.69) is 57.7 Å². The van der Waals surface area contributed by atoms with Crippen molar-refractivity contribution in [2.24, 2.45) is 15.2 Å². The summed E-state index contributed by atoms with van der Waals surface area (Å²) in [5.41, 5.74) is 0.258. The predicted octanol–water partition coefficient (Wildman–Crippen LogP) is 7.94. The zero-order valence-electron chi connectivity index (χ0n) is 17.5. The molecule has 2 heteroatoms. The van der Waals surface area contributed by atoms with Crippen molar-refractivity contribution < 1.29 is 20.9 Å². The van der Waals surface area contributed by atoms with Gasteiger partial charge in [-0.15, -0.1) is 0 Å². The Morgan fingerprint density at radius 2 is 1.62 bits per heavy atom. The minimum absolute atomic E-state index is 0.258. The summed E-state index contributed by atoms with van der Waals surface area (Å²) >= 11 is 1.16. The molecule has 0 bridgehead atoms. The molecule has 2 atom stereocenters. The summed E-state index contributed by atoms with van der Waals surface area (Å²) in [6, 6.07) is 0. The zero-order chi connectivity index (χ0) is 18.8. The summed E-state index contributed by atoms with van der Waals surface area (Å²) in [6.07, 6.45) is 18.9. The maximum absolute atomic E-state index is 4.25. The molecule has 0 aromatic carbocycles. The molecule has 2 rings (SSSR count). The van der Waals surface area contributed by atoms with Crippen LogP contribution in [0.3, 0.4) is 0 Å². The summed E-state index contributed by atoms with van der Waals surface area (Å²) in [6.45, 7) is 16.1. The summed E-state index contributed by atoms with van der Waals surface area (Å²) in [5.74, 6) is 1.83. The van der Waals surface area contributed by atoms with E-state index < -0.39 is 0 Å². The molecule has 145 valence electrons. The molecule has 2 fully saturated rings. The third-order valence-corrected chi connectivity index (χ3v) is 6.76. The molecule has 0 spiro atoms. The second kappa shape index (κ2) is 18.3. The molecule has 1 nitrogen and oxygen atoms in total. The summed E-state index contributed by atoms with van der Waals surface area (Å²) in [7, 11) is 0. The molecule has 2 aliphatic rings. The van der Waals surface area contributed by atoms with Crippen molar-refractivity contribution in [3.63, 3.8) is 0 Å². The molecule has 0 aliphatic heterocycles. The maximum Gasteiger partial charge on any atom is -0.0577 e. The van der Waals surface area contributed by atoms with Crippen LogP contribution in [0.1, 0.15) is 106 Å². The van der Waals surface area contributed by atoms with E-state index in [1.807, 2.05) is 0 Å². The van der Waals surface area contributed by atoms with Gasteiger partial charge in [-0.1, -0.05) is 58.8 Å². The molecule has 24 heavy (non-hydrogen) atoms. The van der Waals surface area contributed by atoms with E-state index in [0.717, 1.165) is 39.1 Å². The van der Waals surface area contributed by atoms with Gasteiger partial charge in [0.25, 0.3) is 0 Å². The fourth-order valence-electron chi connectivity index (χ4n) is 2.67. The Bertz CT molecular complexity index is 247. The molecule has 0 radical (unpaired) electrons. The predicted molar refractivity (Wildman–Crippen MR) is 106 cm³/mol. The third kappa shape index (κ3) is 17.4. The molecule has 2 unspecified atom stereocenters. The molecular weight excluding hydrogens is 459 g/mol. The van der Waals surface area contributed by atoms with Gasteiger partial charge in [-0.2, -0.15) is 31.6 Å². The number of nitrogens with zero attached hydrogens (tertiary/aromatic N) is 1. The van der Waals surface area contributed by atoms with E-state index in [1.165, 1.54) is 57.8 Å². The second-order valence-corrected chi connectivity index (χ2v) is 8.18. The smallest absolute Gasteiger partial charge is 0.0577 e. The van der Waals surface area contributed by atoms with E-state index in [0.29, 0.717) is 0 Å². The van der Waals surface area contributed by atoms with Crippen molar-refractivity contribution in [3.8, 4) is 0 Å². The first-order chi connectivity index (χ1) is 11.4.